The summed E-state index contributed by atoms with van der Waals surface area (Å²) in [6.07, 6.45) is 4.54. The lowest BCUT2D eigenvalue weighted by Gasteiger charge is -2.32. The van der Waals surface area contributed by atoms with Crippen LogP contribution in [0.2, 0.25) is 0 Å². The number of aliphatic carboxylic acids is 1. The largest absolute Gasteiger partial charge is 0.476 e. The van der Waals surface area contributed by atoms with Crippen LogP contribution in [0.1, 0.15) is 28.7 Å². The fourth-order valence-corrected chi connectivity index (χ4v) is 5.87. The summed E-state index contributed by atoms with van der Waals surface area (Å²) in [5.41, 5.74) is 9.99. The van der Waals surface area contributed by atoms with Gasteiger partial charge in [-0.05, 0) is 95.1 Å². The van der Waals surface area contributed by atoms with Crippen LogP contribution in [-0.4, -0.2) is 29.2 Å². The molecule has 0 saturated heterocycles. The second-order valence-corrected chi connectivity index (χ2v) is 10.1. The van der Waals surface area contributed by atoms with Gasteiger partial charge in [0.15, 0.2) is 5.71 Å². The van der Waals surface area contributed by atoms with Gasteiger partial charge in [0.25, 0.3) is 5.91 Å². The highest BCUT2D eigenvalue weighted by Gasteiger charge is 2.35. The minimum atomic E-state index is -1.23. The van der Waals surface area contributed by atoms with Crippen molar-refractivity contribution in [3.8, 4) is 11.1 Å². The standard InChI is InChI=1S/C33H25N3O3/c37-32-29(31(33(38)39)34-36(32)25-9-2-1-3-10-25)18-21-12-15-30-24(17-21)8-6-16-35(30)26-14-13-23-19-22-7-4-5-11-27(22)28(23)20-26/h1-5,7,9-15,17-18,20H,6,8,16,19H2,(H,38,39)/b29-18-. The summed E-state index contributed by atoms with van der Waals surface area (Å²) in [5, 5.41) is 15.0. The maximum absolute atomic E-state index is 13.2. The van der Waals surface area contributed by atoms with Crippen molar-refractivity contribution < 1.29 is 14.7 Å². The van der Waals surface area contributed by atoms with Crippen molar-refractivity contribution in [2.75, 3.05) is 16.5 Å². The summed E-state index contributed by atoms with van der Waals surface area (Å²) in [4.78, 5) is 27.5. The van der Waals surface area contributed by atoms with Crippen molar-refractivity contribution in [2.45, 2.75) is 19.3 Å². The molecule has 39 heavy (non-hydrogen) atoms. The van der Waals surface area contributed by atoms with Crippen LogP contribution in [0.3, 0.4) is 0 Å². The number of carbonyl (C=O) groups is 2. The van der Waals surface area contributed by atoms with Gasteiger partial charge in [-0.3, -0.25) is 4.79 Å². The SMILES string of the molecule is O=C(O)C1=NN(c2ccccc2)C(=O)/C1=C\c1ccc2c(c1)CCCN2c1ccc2c(c1)-c1ccccc1C2. The van der Waals surface area contributed by atoms with Gasteiger partial charge >= 0.3 is 5.97 Å². The van der Waals surface area contributed by atoms with E-state index in [0.717, 1.165) is 42.1 Å². The molecule has 1 aliphatic carbocycles. The molecule has 0 unspecified atom stereocenters. The first-order valence-electron chi connectivity index (χ1n) is 13.1. The Bertz CT molecular complexity index is 1720. The quantitative estimate of drug-likeness (QED) is 0.291. The average Bonchev–Trinajstić information content (AvgIpc) is 3.50. The lowest BCUT2D eigenvalue weighted by atomic mass is 9.96. The molecule has 0 atom stereocenters. The molecule has 0 bridgehead atoms. The molecule has 0 spiro atoms. The number of hydrogen-bond acceptors (Lipinski definition) is 4. The maximum atomic E-state index is 13.2. The minimum Gasteiger partial charge on any atom is -0.476 e. The molecule has 2 heterocycles. The van der Waals surface area contributed by atoms with E-state index in [4.69, 9.17) is 0 Å². The number of para-hydroxylation sites is 1. The number of benzene rings is 4. The molecule has 3 aliphatic rings. The Balaban J connectivity index is 1.22. The predicted octanol–water partition coefficient (Wildman–Crippen LogP) is 6.21. The van der Waals surface area contributed by atoms with Crippen molar-refractivity contribution in [1.82, 2.24) is 0 Å². The molecule has 0 saturated carbocycles. The minimum absolute atomic E-state index is 0.0799. The summed E-state index contributed by atoms with van der Waals surface area (Å²) in [5.74, 6) is -1.67. The van der Waals surface area contributed by atoms with Gasteiger partial charge in [-0.25, -0.2) is 4.79 Å². The third kappa shape index (κ3) is 3.92. The first-order chi connectivity index (χ1) is 19.1. The Morgan fingerprint density at radius 1 is 0.821 bits per heavy atom. The van der Waals surface area contributed by atoms with Crippen LogP contribution in [0.5, 0.6) is 0 Å². The van der Waals surface area contributed by atoms with Gasteiger partial charge in [-0.1, -0.05) is 54.6 Å². The van der Waals surface area contributed by atoms with Crippen molar-refractivity contribution in [2.24, 2.45) is 5.10 Å². The van der Waals surface area contributed by atoms with Crippen LogP contribution < -0.4 is 9.91 Å². The second kappa shape index (κ2) is 9.10. The molecule has 190 valence electrons. The van der Waals surface area contributed by atoms with Gasteiger partial charge < -0.3 is 10.0 Å². The Morgan fingerprint density at radius 3 is 2.46 bits per heavy atom. The molecular formula is C33H25N3O3. The summed E-state index contributed by atoms with van der Waals surface area (Å²) in [6.45, 7) is 0.925. The third-order valence-corrected chi connectivity index (χ3v) is 7.71. The van der Waals surface area contributed by atoms with Crippen LogP contribution in [-0.2, 0) is 22.4 Å². The molecule has 4 aromatic rings. The first kappa shape index (κ1) is 23.2. The predicted molar refractivity (Wildman–Crippen MR) is 153 cm³/mol. The number of anilines is 3. The lowest BCUT2D eigenvalue weighted by Crippen LogP contribution is -2.24. The molecule has 0 radical (unpaired) electrons. The van der Waals surface area contributed by atoms with Gasteiger partial charge in [0.1, 0.15) is 0 Å². The van der Waals surface area contributed by atoms with Crippen LogP contribution in [0.15, 0.2) is 102 Å². The number of aryl methyl sites for hydroxylation is 1. The monoisotopic (exact) mass is 511 g/mol. The number of fused-ring (bicyclic) bond motifs is 4. The van der Waals surface area contributed by atoms with E-state index in [1.54, 1.807) is 30.3 Å². The van der Waals surface area contributed by atoms with E-state index in [1.165, 1.54) is 33.5 Å². The molecule has 4 aromatic carbocycles. The zero-order chi connectivity index (χ0) is 26.5. The van der Waals surface area contributed by atoms with Crippen LogP contribution in [0.25, 0.3) is 17.2 Å². The molecule has 1 N–H and O–H groups in total. The average molecular weight is 512 g/mol. The Kier molecular flexibility index (Phi) is 5.40. The van der Waals surface area contributed by atoms with Gasteiger partial charge in [-0.2, -0.15) is 10.1 Å². The number of hydrogen-bond donors (Lipinski definition) is 1. The van der Waals surface area contributed by atoms with Crippen LogP contribution >= 0.6 is 0 Å². The molecule has 0 aromatic heterocycles. The van der Waals surface area contributed by atoms with Crippen molar-refractivity contribution in [1.29, 1.82) is 0 Å². The number of carboxylic acid groups (broad SMARTS) is 1. The van der Waals surface area contributed by atoms with Crippen molar-refractivity contribution >= 4 is 40.7 Å². The zero-order valence-corrected chi connectivity index (χ0v) is 21.2. The maximum Gasteiger partial charge on any atom is 0.357 e. The Labute approximate surface area is 226 Å². The number of carboxylic acids is 1. The van der Waals surface area contributed by atoms with E-state index < -0.39 is 11.9 Å². The van der Waals surface area contributed by atoms with E-state index in [9.17, 15) is 14.7 Å². The fourth-order valence-electron chi connectivity index (χ4n) is 5.87. The van der Waals surface area contributed by atoms with Crippen LogP contribution in [0, 0.1) is 0 Å². The molecule has 6 heteroatoms. The fraction of sp³-hybridized carbons (Fsp3) is 0.121. The van der Waals surface area contributed by atoms with Crippen LogP contribution in [0.4, 0.5) is 17.1 Å². The number of rotatable bonds is 4. The summed E-state index contributed by atoms with van der Waals surface area (Å²) in [6, 6.07) is 30.3. The number of carbonyl (C=O) groups excluding carboxylic acids is 1. The summed E-state index contributed by atoms with van der Waals surface area (Å²) >= 11 is 0. The zero-order valence-electron chi connectivity index (χ0n) is 21.2. The van der Waals surface area contributed by atoms with E-state index in [2.05, 4.69) is 64.6 Å². The van der Waals surface area contributed by atoms with Gasteiger partial charge in [-0.15, -0.1) is 0 Å². The molecular weight excluding hydrogens is 486 g/mol. The summed E-state index contributed by atoms with van der Waals surface area (Å²) in [7, 11) is 0. The smallest absolute Gasteiger partial charge is 0.357 e. The highest BCUT2D eigenvalue weighted by Crippen LogP contribution is 2.41. The molecule has 1 amide bonds. The molecule has 2 aliphatic heterocycles. The number of amides is 1. The van der Waals surface area contributed by atoms with Gasteiger partial charge in [0, 0.05) is 17.9 Å². The second-order valence-electron chi connectivity index (χ2n) is 10.1. The van der Waals surface area contributed by atoms with E-state index >= 15 is 0 Å². The topological polar surface area (TPSA) is 73.2 Å². The highest BCUT2D eigenvalue weighted by atomic mass is 16.4. The van der Waals surface area contributed by atoms with E-state index in [1.807, 2.05) is 12.1 Å². The normalized spacial score (nSPS) is 16.7. The van der Waals surface area contributed by atoms with Gasteiger partial charge in [0.05, 0.1) is 11.3 Å². The number of hydrazone groups is 1. The van der Waals surface area contributed by atoms with Gasteiger partial charge in [0.2, 0.25) is 0 Å². The third-order valence-electron chi connectivity index (χ3n) is 7.71. The summed E-state index contributed by atoms with van der Waals surface area (Å²) < 4.78 is 0. The van der Waals surface area contributed by atoms with E-state index in [-0.39, 0.29) is 11.3 Å². The Morgan fingerprint density at radius 2 is 1.62 bits per heavy atom. The van der Waals surface area contributed by atoms with Crippen molar-refractivity contribution in [3.63, 3.8) is 0 Å². The first-order valence-corrected chi connectivity index (χ1v) is 13.1. The lowest BCUT2D eigenvalue weighted by molar-refractivity contribution is -0.129. The van der Waals surface area contributed by atoms with Crippen molar-refractivity contribution in [3.05, 3.63) is 119 Å². The number of nitrogens with zero attached hydrogens (tertiary/aromatic N) is 3. The molecule has 6 nitrogen and oxygen atoms in total. The Hall–Kier alpha value is -4.97. The molecule has 0 fully saturated rings. The molecule has 7 rings (SSSR count). The highest BCUT2D eigenvalue weighted by molar-refractivity contribution is 6.53. The van der Waals surface area contributed by atoms with E-state index in [0.29, 0.717) is 5.69 Å².